The van der Waals surface area contributed by atoms with Crippen LogP contribution >= 0.6 is 0 Å². The van der Waals surface area contributed by atoms with Crippen molar-refractivity contribution in [1.82, 2.24) is 0 Å². The number of rotatable bonds is 10. The van der Waals surface area contributed by atoms with Gasteiger partial charge < -0.3 is 30.6 Å². The number of fused-ring (bicyclic) bond motifs is 2. The summed E-state index contributed by atoms with van der Waals surface area (Å²) in [5, 5.41) is 6.86. The van der Waals surface area contributed by atoms with E-state index in [1.165, 1.54) is 0 Å². The van der Waals surface area contributed by atoms with E-state index in [0.29, 0.717) is 22.3 Å². The molecule has 0 saturated heterocycles. The maximum atomic E-state index is 13.5. The first-order chi connectivity index (χ1) is 15.0. The minimum absolute atomic E-state index is 0. The third-order valence-electron chi connectivity index (χ3n) is 5.72. The van der Waals surface area contributed by atoms with Gasteiger partial charge in [0, 0.05) is 48.4 Å². The van der Waals surface area contributed by atoms with Gasteiger partial charge in [0.05, 0.1) is 66.5 Å². The third-order valence-corrected chi connectivity index (χ3v) is 5.72. The molecule has 0 atom stereocenters. The summed E-state index contributed by atoms with van der Waals surface area (Å²) in [5.74, 6) is -0.168. The Labute approximate surface area is 203 Å². The van der Waals surface area contributed by atoms with Crippen LogP contribution in [-0.2, 0) is 0 Å². The highest BCUT2D eigenvalue weighted by Crippen LogP contribution is 2.36. The van der Waals surface area contributed by atoms with E-state index in [1.807, 2.05) is 24.3 Å². The van der Waals surface area contributed by atoms with Crippen molar-refractivity contribution in [3.8, 4) is 0 Å². The molecule has 1 aliphatic carbocycles. The number of anilines is 2. The molecule has 8 heteroatoms. The Morgan fingerprint density at radius 1 is 0.618 bits per heavy atom. The Morgan fingerprint density at radius 3 is 1.29 bits per heavy atom. The Balaban J connectivity index is 0.00000289. The highest BCUT2D eigenvalue weighted by Gasteiger charge is 2.33. The van der Waals surface area contributed by atoms with E-state index in [-0.39, 0.29) is 22.5 Å². The average molecular weight is 473 g/mol. The normalized spacial score (nSPS) is 12.8. The van der Waals surface area contributed by atoms with Gasteiger partial charge in [-0.3, -0.25) is 9.59 Å². The number of hydrogen-bond donors (Lipinski definition) is 2. The zero-order valence-electron chi connectivity index (χ0n) is 21.3. The number of hydrogen-bond acceptors (Lipinski definition) is 6. The van der Waals surface area contributed by atoms with E-state index in [9.17, 15) is 9.59 Å². The van der Waals surface area contributed by atoms with Crippen molar-refractivity contribution < 1.29 is 29.5 Å². The van der Waals surface area contributed by atoms with Crippen LogP contribution in [-0.4, -0.2) is 99.9 Å². The summed E-state index contributed by atoms with van der Waals surface area (Å²) in [5.41, 5.74) is 3.45. The summed E-state index contributed by atoms with van der Waals surface area (Å²) in [6, 6.07) is 11.0. The molecule has 0 fully saturated rings. The summed E-state index contributed by atoms with van der Waals surface area (Å²) in [7, 11) is 13.0. The molecular weight excluding hydrogens is 432 g/mol. The van der Waals surface area contributed by atoms with Crippen LogP contribution in [0.5, 0.6) is 0 Å². The van der Waals surface area contributed by atoms with Crippen molar-refractivity contribution in [2.75, 3.05) is 79.1 Å². The molecule has 0 bridgehead atoms. The molecule has 2 aromatic carbocycles. The van der Waals surface area contributed by atoms with Crippen LogP contribution in [0.1, 0.15) is 44.7 Å². The lowest BCUT2D eigenvalue weighted by Gasteiger charge is -2.26. The van der Waals surface area contributed by atoms with Gasteiger partial charge in [-0.15, -0.1) is 0 Å². The van der Waals surface area contributed by atoms with Gasteiger partial charge in [0.2, 0.25) is 0 Å². The molecule has 188 valence electrons. The Kier molecular flexibility index (Phi) is 9.96. The Bertz CT molecular complexity index is 927. The molecular formula is C26H40N4O4. The number of ketones is 2. The fourth-order valence-electron chi connectivity index (χ4n) is 4.07. The summed E-state index contributed by atoms with van der Waals surface area (Å²) in [6.07, 6.45) is 1.95. The number of quaternary nitrogens is 2. The molecule has 0 unspecified atom stereocenters. The lowest BCUT2D eigenvalue weighted by molar-refractivity contribution is -0.870. The minimum Gasteiger partial charge on any atom is -0.870 e. The molecule has 0 aliphatic heterocycles. The van der Waals surface area contributed by atoms with Crippen LogP contribution in [0.2, 0.25) is 0 Å². The maximum Gasteiger partial charge on any atom is 0.196 e. The number of carbonyl (C=O) groups excluding carboxylic acids is 2. The van der Waals surface area contributed by atoms with Crippen molar-refractivity contribution in [2.45, 2.75) is 12.8 Å². The number of nitrogens with one attached hydrogen (secondary N) is 2. The molecule has 34 heavy (non-hydrogen) atoms. The molecule has 0 amide bonds. The molecule has 4 N–H and O–H groups in total. The fraction of sp³-hybridized carbons (Fsp3) is 0.462. The minimum atomic E-state index is -0.0840. The van der Waals surface area contributed by atoms with Gasteiger partial charge in [-0.05, 0) is 12.1 Å². The quantitative estimate of drug-likeness (QED) is 0.346. The van der Waals surface area contributed by atoms with Crippen LogP contribution in [0.4, 0.5) is 11.4 Å². The van der Waals surface area contributed by atoms with Crippen molar-refractivity contribution in [3.05, 3.63) is 58.7 Å². The second kappa shape index (κ2) is 11.6. The van der Waals surface area contributed by atoms with Crippen molar-refractivity contribution in [2.24, 2.45) is 0 Å². The third kappa shape index (κ3) is 7.11. The van der Waals surface area contributed by atoms with Gasteiger partial charge in [0.15, 0.2) is 11.6 Å². The van der Waals surface area contributed by atoms with Gasteiger partial charge in [-0.2, -0.15) is 0 Å². The summed E-state index contributed by atoms with van der Waals surface area (Å²) in [6.45, 7) is 3.55. The predicted octanol–water partition coefficient (Wildman–Crippen LogP) is 3.12. The van der Waals surface area contributed by atoms with Crippen LogP contribution in [0, 0.1) is 0 Å². The van der Waals surface area contributed by atoms with Crippen molar-refractivity contribution >= 4 is 22.9 Å². The van der Waals surface area contributed by atoms with Gasteiger partial charge in [-0.25, -0.2) is 0 Å². The largest absolute Gasteiger partial charge is 0.870 e. The summed E-state index contributed by atoms with van der Waals surface area (Å²) < 4.78 is 1.78. The molecule has 0 radical (unpaired) electrons. The maximum absolute atomic E-state index is 13.5. The molecule has 0 spiro atoms. The summed E-state index contributed by atoms with van der Waals surface area (Å²) in [4.78, 5) is 26.9. The van der Waals surface area contributed by atoms with Crippen LogP contribution in [0.25, 0.3) is 0 Å². The highest BCUT2D eigenvalue weighted by atomic mass is 16.1. The molecule has 0 heterocycles. The number of nitrogens with zero attached hydrogens (tertiary/aromatic N) is 2. The first-order valence-corrected chi connectivity index (χ1v) is 11.4. The molecule has 1 aliphatic rings. The van der Waals surface area contributed by atoms with Gasteiger partial charge in [0.1, 0.15) is 0 Å². The second-order valence-corrected chi connectivity index (χ2v) is 10.7. The van der Waals surface area contributed by atoms with E-state index >= 15 is 0 Å². The SMILES string of the molecule is C[N+](C)(C)CCCNc1ccc(NCCC[N+](C)(C)C)c2c1C(=O)c1ccccc1C2=O.[OH-].[OH-]. The van der Waals surface area contributed by atoms with Crippen LogP contribution in [0.15, 0.2) is 36.4 Å². The van der Waals surface area contributed by atoms with Gasteiger partial charge >= 0.3 is 0 Å². The van der Waals surface area contributed by atoms with Crippen LogP contribution in [0.3, 0.4) is 0 Å². The van der Waals surface area contributed by atoms with Gasteiger partial charge in [0.25, 0.3) is 0 Å². The van der Waals surface area contributed by atoms with Crippen LogP contribution < -0.4 is 10.6 Å². The van der Waals surface area contributed by atoms with Crippen molar-refractivity contribution in [1.29, 1.82) is 0 Å². The average Bonchev–Trinajstić information content (AvgIpc) is 2.71. The smallest absolute Gasteiger partial charge is 0.196 e. The van der Waals surface area contributed by atoms with Gasteiger partial charge in [-0.1, -0.05) is 24.3 Å². The highest BCUT2D eigenvalue weighted by molar-refractivity contribution is 6.31. The summed E-state index contributed by atoms with van der Waals surface area (Å²) >= 11 is 0. The topological polar surface area (TPSA) is 118 Å². The molecule has 3 rings (SSSR count). The Morgan fingerprint density at radius 2 is 0.971 bits per heavy atom. The van der Waals surface area contributed by atoms with E-state index in [1.54, 1.807) is 12.1 Å². The predicted molar refractivity (Wildman–Crippen MR) is 136 cm³/mol. The standard InChI is InChI=1S/C26H36N4O2.2H2O/c1-29(2,3)17-9-15-27-21-13-14-22(28-16-10-18-30(4,5)6)24-23(21)25(31)19-11-7-8-12-20(19)26(24)32;;/h7-8,11-14H,9-10,15-18H2,1-6H3;2*1H2. The zero-order chi connectivity index (χ0) is 23.5. The number of benzene rings is 2. The lowest BCUT2D eigenvalue weighted by Crippen LogP contribution is -2.36. The molecule has 8 nitrogen and oxygen atoms in total. The lowest BCUT2D eigenvalue weighted by atomic mass is 9.82. The second-order valence-electron chi connectivity index (χ2n) is 10.7. The van der Waals surface area contributed by atoms with Crippen molar-refractivity contribution in [3.63, 3.8) is 0 Å². The van der Waals surface area contributed by atoms with E-state index < -0.39 is 0 Å². The monoisotopic (exact) mass is 472 g/mol. The first kappa shape index (κ1) is 29.3. The number of carbonyl (C=O) groups is 2. The Hall–Kier alpha value is -2.78. The first-order valence-electron chi connectivity index (χ1n) is 11.4. The van der Waals surface area contributed by atoms with E-state index in [0.717, 1.165) is 59.4 Å². The molecule has 0 aromatic heterocycles. The molecule has 2 aromatic rings. The zero-order valence-corrected chi connectivity index (χ0v) is 21.3. The van der Waals surface area contributed by atoms with E-state index in [4.69, 9.17) is 0 Å². The molecule has 0 saturated carbocycles. The van der Waals surface area contributed by atoms with E-state index in [2.05, 4.69) is 52.9 Å². The fourth-order valence-corrected chi connectivity index (χ4v) is 4.07.